The Hall–Kier alpha value is -2.00. The highest BCUT2D eigenvalue weighted by molar-refractivity contribution is 6.31. The van der Waals surface area contributed by atoms with Crippen LogP contribution in [0.2, 0.25) is 5.02 Å². The molecule has 0 radical (unpaired) electrons. The van der Waals surface area contributed by atoms with Crippen molar-refractivity contribution in [2.24, 2.45) is 0 Å². The van der Waals surface area contributed by atoms with E-state index in [1.165, 1.54) is 24.0 Å². The van der Waals surface area contributed by atoms with E-state index < -0.39 is 6.10 Å². The number of benzene rings is 2. The summed E-state index contributed by atoms with van der Waals surface area (Å²) in [6.45, 7) is 5.68. The maximum Gasteiger partial charge on any atom is 0.261 e. The lowest BCUT2D eigenvalue weighted by atomic mass is 10.0. The Bertz CT molecular complexity index is 787. The predicted molar refractivity (Wildman–Crippen MR) is 101 cm³/mol. The molecule has 0 aliphatic heterocycles. The molecule has 2 atom stereocenters. The lowest BCUT2D eigenvalue weighted by Gasteiger charge is -2.20. The molecule has 0 bridgehead atoms. The lowest BCUT2D eigenvalue weighted by Crippen LogP contribution is -2.37. The van der Waals surface area contributed by atoms with Gasteiger partial charge in [0.1, 0.15) is 5.75 Å². The van der Waals surface area contributed by atoms with Crippen molar-refractivity contribution in [2.45, 2.75) is 52.2 Å². The van der Waals surface area contributed by atoms with E-state index in [2.05, 4.69) is 23.5 Å². The number of rotatable bonds is 5. The molecule has 0 spiro atoms. The Morgan fingerprint density at radius 3 is 2.64 bits per heavy atom. The molecule has 132 valence electrons. The van der Waals surface area contributed by atoms with E-state index in [1.807, 2.05) is 19.9 Å². The molecule has 0 unspecified atom stereocenters. The number of amides is 1. The van der Waals surface area contributed by atoms with Crippen LogP contribution in [0, 0.1) is 6.92 Å². The topological polar surface area (TPSA) is 38.3 Å². The molecule has 0 saturated heterocycles. The van der Waals surface area contributed by atoms with E-state index in [9.17, 15) is 4.79 Å². The largest absolute Gasteiger partial charge is 0.481 e. The third kappa shape index (κ3) is 4.16. The van der Waals surface area contributed by atoms with Crippen molar-refractivity contribution in [3.05, 3.63) is 63.7 Å². The predicted octanol–water partition coefficient (Wildman–Crippen LogP) is 4.78. The van der Waals surface area contributed by atoms with Crippen LogP contribution in [0.1, 0.15) is 48.6 Å². The third-order valence-corrected chi connectivity index (χ3v) is 5.22. The molecule has 0 saturated carbocycles. The first-order chi connectivity index (χ1) is 11.9. The number of aryl methyl sites for hydroxylation is 3. The molecule has 4 heteroatoms. The van der Waals surface area contributed by atoms with Gasteiger partial charge in [-0.05, 0) is 80.5 Å². The first-order valence-electron chi connectivity index (χ1n) is 8.79. The van der Waals surface area contributed by atoms with Crippen LogP contribution in [0.15, 0.2) is 36.4 Å². The fourth-order valence-electron chi connectivity index (χ4n) is 3.22. The molecule has 3 nitrogen and oxygen atoms in total. The van der Waals surface area contributed by atoms with Crippen LogP contribution in [0.3, 0.4) is 0 Å². The molecule has 0 aromatic heterocycles. The average molecular weight is 358 g/mol. The zero-order valence-electron chi connectivity index (χ0n) is 14.9. The van der Waals surface area contributed by atoms with Gasteiger partial charge in [0.05, 0.1) is 6.04 Å². The normalized spacial score (nSPS) is 15.4. The summed E-state index contributed by atoms with van der Waals surface area (Å²) in [7, 11) is 0. The molecule has 3 rings (SSSR count). The molecule has 1 N–H and O–H groups in total. The number of nitrogens with one attached hydrogen (secondary N) is 1. The smallest absolute Gasteiger partial charge is 0.261 e. The molecular formula is C21H24ClNO2. The van der Waals surface area contributed by atoms with Gasteiger partial charge < -0.3 is 10.1 Å². The van der Waals surface area contributed by atoms with E-state index in [0.29, 0.717) is 10.8 Å². The minimum absolute atomic E-state index is 0.0450. The molecule has 2 aromatic rings. The van der Waals surface area contributed by atoms with Crippen LogP contribution < -0.4 is 10.1 Å². The van der Waals surface area contributed by atoms with Crippen molar-refractivity contribution in [3.8, 4) is 5.75 Å². The number of carbonyl (C=O) groups is 1. The summed E-state index contributed by atoms with van der Waals surface area (Å²) in [5.74, 6) is 0.523. The summed E-state index contributed by atoms with van der Waals surface area (Å²) >= 11 is 6.02. The van der Waals surface area contributed by atoms with Gasteiger partial charge in [-0.25, -0.2) is 0 Å². The van der Waals surface area contributed by atoms with Gasteiger partial charge in [-0.3, -0.25) is 4.79 Å². The van der Waals surface area contributed by atoms with Gasteiger partial charge in [0.25, 0.3) is 5.91 Å². The van der Waals surface area contributed by atoms with E-state index in [0.717, 1.165) is 17.5 Å². The second-order valence-electron chi connectivity index (χ2n) is 6.78. The summed E-state index contributed by atoms with van der Waals surface area (Å²) in [4.78, 5) is 12.5. The minimum atomic E-state index is -0.572. The highest BCUT2D eigenvalue weighted by Crippen LogP contribution is 2.26. The zero-order chi connectivity index (χ0) is 18.0. The van der Waals surface area contributed by atoms with E-state index >= 15 is 0 Å². The Morgan fingerprint density at radius 1 is 1.12 bits per heavy atom. The molecular weight excluding hydrogens is 334 g/mol. The standard InChI is InChI=1S/C21H24ClNO2/c1-13-11-19(9-10-20(13)22)25-15(3)21(24)23-14(2)17-8-7-16-5-4-6-18(16)12-17/h7-12,14-15H,4-6H2,1-3H3,(H,23,24)/t14-,15+/m0/s1. The van der Waals surface area contributed by atoms with Gasteiger partial charge in [0.2, 0.25) is 0 Å². The van der Waals surface area contributed by atoms with Crippen molar-refractivity contribution in [1.82, 2.24) is 5.32 Å². The Balaban J connectivity index is 1.61. The summed E-state index contributed by atoms with van der Waals surface area (Å²) in [5.41, 5.74) is 4.93. The Kier molecular flexibility index (Phi) is 5.33. The van der Waals surface area contributed by atoms with Crippen molar-refractivity contribution in [2.75, 3.05) is 0 Å². The summed E-state index contributed by atoms with van der Waals surface area (Å²) < 4.78 is 5.75. The van der Waals surface area contributed by atoms with Crippen LogP contribution in [-0.2, 0) is 17.6 Å². The second kappa shape index (κ2) is 7.49. The van der Waals surface area contributed by atoms with Crippen molar-refractivity contribution < 1.29 is 9.53 Å². The number of hydrogen-bond acceptors (Lipinski definition) is 2. The molecule has 2 aromatic carbocycles. The van der Waals surface area contributed by atoms with Crippen molar-refractivity contribution in [1.29, 1.82) is 0 Å². The molecule has 0 heterocycles. The fraction of sp³-hybridized carbons (Fsp3) is 0.381. The van der Waals surface area contributed by atoms with Gasteiger partial charge in [0, 0.05) is 5.02 Å². The number of halogens is 1. The van der Waals surface area contributed by atoms with Gasteiger partial charge in [0.15, 0.2) is 6.10 Å². The number of carbonyl (C=O) groups excluding carboxylic acids is 1. The number of hydrogen-bond donors (Lipinski definition) is 1. The first kappa shape index (κ1) is 17.8. The van der Waals surface area contributed by atoms with Gasteiger partial charge >= 0.3 is 0 Å². The molecule has 1 amide bonds. The highest BCUT2D eigenvalue weighted by Gasteiger charge is 2.19. The van der Waals surface area contributed by atoms with Gasteiger partial charge in [-0.1, -0.05) is 29.8 Å². The van der Waals surface area contributed by atoms with Crippen LogP contribution in [0.5, 0.6) is 5.75 Å². The van der Waals surface area contributed by atoms with E-state index in [-0.39, 0.29) is 11.9 Å². The molecule has 1 aliphatic rings. The summed E-state index contributed by atoms with van der Waals surface area (Å²) in [6, 6.07) is 11.9. The second-order valence-corrected chi connectivity index (χ2v) is 7.19. The molecule has 1 aliphatic carbocycles. The lowest BCUT2D eigenvalue weighted by molar-refractivity contribution is -0.127. The van der Waals surface area contributed by atoms with Gasteiger partial charge in [-0.15, -0.1) is 0 Å². The summed E-state index contributed by atoms with van der Waals surface area (Å²) in [5, 5.41) is 3.73. The Morgan fingerprint density at radius 2 is 1.88 bits per heavy atom. The molecule has 25 heavy (non-hydrogen) atoms. The van der Waals surface area contributed by atoms with Crippen molar-refractivity contribution in [3.63, 3.8) is 0 Å². The van der Waals surface area contributed by atoms with Gasteiger partial charge in [-0.2, -0.15) is 0 Å². The zero-order valence-corrected chi connectivity index (χ0v) is 15.7. The highest BCUT2D eigenvalue weighted by atomic mass is 35.5. The first-order valence-corrected chi connectivity index (χ1v) is 9.16. The Labute approximate surface area is 154 Å². The monoisotopic (exact) mass is 357 g/mol. The molecule has 0 fully saturated rings. The van der Waals surface area contributed by atoms with E-state index in [1.54, 1.807) is 19.1 Å². The number of fused-ring (bicyclic) bond motifs is 1. The number of ether oxygens (including phenoxy) is 1. The third-order valence-electron chi connectivity index (χ3n) is 4.79. The van der Waals surface area contributed by atoms with E-state index in [4.69, 9.17) is 16.3 Å². The van der Waals surface area contributed by atoms with Crippen LogP contribution in [0.25, 0.3) is 0 Å². The quantitative estimate of drug-likeness (QED) is 0.836. The van der Waals surface area contributed by atoms with Crippen molar-refractivity contribution >= 4 is 17.5 Å². The van der Waals surface area contributed by atoms with Crippen LogP contribution in [0.4, 0.5) is 0 Å². The SMILES string of the molecule is Cc1cc(O[C@H](C)C(=O)N[C@@H](C)c2ccc3c(c2)CCC3)ccc1Cl. The van der Waals surface area contributed by atoms with Crippen LogP contribution in [-0.4, -0.2) is 12.0 Å². The maximum absolute atomic E-state index is 12.5. The average Bonchev–Trinajstić information content (AvgIpc) is 3.05. The minimum Gasteiger partial charge on any atom is -0.481 e. The maximum atomic E-state index is 12.5. The van der Waals surface area contributed by atoms with Crippen LogP contribution >= 0.6 is 11.6 Å². The summed E-state index contributed by atoms with van der Waals surface area (Å²) in [6.07, 6.45) is 2.96. The fourth-order valence-corrected chi connectivity index (χ4v) is 3.34.